The SMILES string of the molecule is CN(C)c1oc(-c2ccccn2)nc1C#N. The molecule has 0 bridgehead atoms. The number of oxazole rings is 1. The first-order valence-electron chi connectivity index (χ1n) is 4.72. The minimum Gasteiger partial charge on any atom is -0.417 e. The average molecular weight is 214 g/mol. The van der Waals surface area contributed by atoms with E-state index in [2.05, 4.69) is 9.97 Å². The summed E-state index contributed by atoms with van der Waals surface area (Å²) < 4.78 is 5.48. The molecule has 0 aromatic carbocycles. The Morgan fingerprint density at radius 2 is 2.19 bits per heavy atom. The van der Waals surface area contributed by atoms with Crippen molar-refractivity contribution in [2.24, 2.45) is 0 Å². The Balaban J connectivity index is 2.49. The third-order valence-corrected chi connectivity index (χ3v) is 2.01. The van der Waals surface area contributed by atoms with E-state index in [0.29, 0.717) is 17.5 Å². The quantitative estimate of drug-likeness (QED) is 0.760. The second-order valence-corrected chi connectivity index (χ2v) is 3.39. The molecule has 0 aliphatic heterocycles. The summed E-state index contributed by atoms with van der Waals surface area (Å²) in [5, 5.41) is 8.91. The van der Waals surface area contributed by atoms with Crippen molar-refractivity contribution in [1.29, 1.82) is 5.26 Å². The summed E-state index contributed by atoms with van der Waals surface area (Å²) in [6.07, 6.45) is 1.65. The topological polar surface area (TPSA) is 66.0 Å². The monoisotopic (exact) mass is 214 g/mol. The molecule has 2 aromatic rings. The minimum atomic E-state index is 0.269. The van der Waals surface area contributed by atoms with Crippen molar-refractivity contribution in [3.8, 4) is 17.7 Å². The largest absolute Gasteiger partial charge is 0.417 e. The molecular formula is C11H10N4O. The van der Waals surface area contributed by atoms with Gasteiger partial charge in [-0.1, -0.05) is 6.07 Å². The van der Waals surface area contributed by atoms with Crippen molar-refractivity contribution in [3.05, 3.63) is 30.1 Å². The van der Waals surface area contributed by atoms with E-state index in [9.17, 15) is 0 Å². The van der Waals surface area contributed by atoms with Gasteiger partial charge in [0.25, 0.3) is 0 Å². The van der Waals surface area contributed by atoms with Crippen LogP contribution in [-0.4, -0.2) is 24.1 Å². The Hall–Kier alpha value is -2.35. The van der Waals surface area contributed by atoms with Crippen molar-refractivity contribution in [1.82, 2.24) is 9.97 Å². The second-order valence-electron chi connectivity index (χ2n) is 3.39. The fraction of sp³-hybridized carbons (Fsp3) is 0.182. The Bertz CT molecular complexity index is 525. The maximum atomic E-state index is 8.91. The molecule has 0 fully saturated rings. The van der Waals surface area contributed by atoms with Gasteiger partial charge in [-0.15, -0.1) is 0 Å². The van der Waals surface area contributed by atoms with Crippen molar-refractivity contribution in [2.45, 2.75) is 0 Å². The van der Waals surface area contributed by atoms with E-state index in [0.717, 1.165) is 0 Å². The first-order chi connectivity index (χ1) is 7.72. The molecule has 0 spiro atoms. The molecule has 0 unspecified atom stereocenters. The Kier molecular flexibility index (Phi) is 2.56. The molecular weight excluding hydrogens is 204 g/mol. The van der Waals surface area contributed by atoms with Crippen LogP contribution >= 0.6 is 0 Å². The zero-order valence-corrected chi connectivity index (χ0v) is 9.01. The first-order valence-corrected chi connectivity index (χ1v) is 4.72. The molecule has 0 atom stereocenters. The van der Waals surface area contributed by atoms with E-state index in [1.165, 1.54) is 0 Å². The van der Waals surface area contributed by atoms with Gasteiger partial charge in [0.15, 0.2) is 0 Å². The van der Waals surface area contributed by atoms with Crippen LogP contribution in [0.5, 0.6) is 0 Å². The zero-order valence-electron chi connectivity index (χ0n) is 9.01. The lowest BCUT2D eigenvalue weighted by Crippen LogP contribution is -2.08. The molecule has 16 heavy (non-hydrogen) atoms. The molecule has 2 rings (SSSR count). The maximum absolute atomic E-state index is 8.91. The van der Waals surface area contributed by atoms with Crippen LogP contribution in [0.3, 0.4) is 0 Å². The number of anilines is 1. The van der Waals surface area contributed by atoms with Crippen LogP contribution < -0.4 is 4.90 Å². The number of rotatable bonds is 2. The predicted octanol–water partition coefficient (Wildman–Crippen LogP) is 1.67. The average Bonchev–Trinajstić information content (AvgIpc) is 2.74. The lowest BCUT2D eigenvalue weighted by Gasteiger charge is -2.06. The first kappa shape index (κ1) is 10.2. The third kappa shape index (κ3) is 1.73. The van der Waals surface area contributed by atoms with Gasteiger partial charge in [-0.3, -0.25) is 4.98 Å². The van der Waals surface area contributed by atoms with Gasteiger partial charge in [0.05, 0.1) is 0 Å². The van der Waals surface area contributed by atoms with Gasteiger partial charge >= 0.3 is 0 Å². The van der Waals surface area contributed by atoms with Crippen LogP contribution in [0.25, 0.3) is 11.6 Å². The number of nitriles is 1. The summed E-state index contributed by atoms with van der Waals surface area (Å²) in [5.74, 6) is 0.809. The van der Waals surface area contributed by atoms with Gasteiger partial charge in [0, 0.05) is 20.3 Å². The molecule has 2 heterocycles. The Morgan fingerprint density at radius 1 is 1.38 bits per heavy atom. The van der Waals surface area contributed by atoms with E-state index < -0.39 is 0 Å². The highest BCUT2D eigenvalue weighted by Gasteiger charge is 2.16. The van der Waals surface area contributed by atoms with Gasteiger partial charge in [-0.05, 0) is 12.1 Å². The van der Waals surface area contributed by atoms with Crippen LogP contribution in [0.2, 0.25) is 0 Å². The summed E-state index contributed by atoms with van der Waals surface area (Å²) in [5.41, 5.74) is 0.887. The van der Waals surface area contributed by atoms with Crippen molar-refractivity contribution in [2.75, 3.05) is 19.0 Å². The second kappa shape index (κ2) is 4.03. The Labute approximate surface area is 93.0 Å². The number of pyridine rings is 1. The van der Waals surface area contributed by atoms with Gasteiger partial charge in [-0.25, -0.2) is 0 Å². The Morgan fingerprint density at radius 3 is 2.69 bits per heavy atom. The third-order valence-electron chi connectivity index (χ3n) is 2.01. The van der Waals surface area contributed by atoms with E-state index >= 15 is 0 Å². The van der Waals surface area contributed by atoms with E-state index in [1.807, 2.05) is 18.2 Å². The van der Waals surface area contributed by atoms with Crippen LogP contribution in [0, 0.1) is 11.3 Å². The molecule has 2 aromatic heterocycles. The van der Waals surface area contributed by atoms with Crippen LogP contribution in [-0.2, 0) is 0 Å². The molecule has 0 saturated heterocycles. The van der Waals surface area contributed by atoms with Gasteiger partial charge in [0.2, 0.25) is 17.5 Å². The highest BCUT2D eigenvalue weighted by molar-refractivity contribution is 5.55. The minimum absolute atomic E-state index is 0.269. The summed E-state index contributed by atoms with van der Waals surface area (Å²) in [7, 11) is 3.59. The summed E-state index contributed by atoms with van der Waals surface area (Å²) >= 11 is 0. The van der Waals surface area contributed by atoms with Crippen LogP contribution in [0.1, 0.15) is 5.69 Å². The highest BCUT2D eigenvalue weighted by atomic mass is 16.4. The van der Waals surface area contributed by atoms with E-state index in [1.54, 1.807) is 31.3 Å². The van der Waals surface area contributed by atoms with Crippen molar-refractivity contribution in [3.63, 3.8) is 0 Å². The molecule has 0 radical (unpaired) electrons. The zero-order chi connectivity index (χ0) is 11.5. The molecule has 0 aliphatic rings. The predicted molar refractivity (Wildman–Crippen MR) is 58.8 cm³/mol. The molecule has 0 amide bonds. The lowest BCUT2D eigenvalue weighted by molar-refractivity contribution is 0.569. The fourth-order valence-corrected chi connectivity index (χ4v) is 1.29. The summed E-state index contributed by atoms with van der Waals surface area (Å²) in [6, 6.07) is 7.43. The molecule has 0 aliphatic carbocycles. The summed E-state index contributed by atoms with van der Waals surface area (Å²) in [4.78, 5) is 9.91. The van der Waals surface area contributed by atoms with Crippen molar-refractivity contribution >= 4 is 5.88 Å². The van der Waals surface area contributed by atoms with Gasteiger partial charge in [-0.2, -0.15) is 10.2 Å². The van der Waals surface area contributed by atoms with E-state index in [-0.39, 0.29) is 5.69 Å². The fourth-order valence-electron chi connectivity index (χ4n) is 1.29. The summed E-state index contributed by atoms with van der Waals surface area (Å²) in [6.45, 7) is 0. The van der Waals surface area contributed by atoms with E-state index in [4.69, 9.17) is 9.68 Å². The standard InChI is InChI=1S/C11H10N4O/c1-15(2)11-9(7-12)14-10(16-11)8-5-3-4-6-13-8/h3-6H,1-2H3. The smallest absolute Gasteiger partial charge is 0.248 e. The number of hydrogen-bond donors (Lipinski definition) is 0. The number of aromatic nitrogens is 2. The molecule has 5 nitrogen and oxygen atoms in total. The lowest BCUT2D eigenvalue weighted by atomic mass is 10.3. The molecule has 0 N–H and O–H groups in total. The normalized spacial score (nSPS) is 9.81. The van der Waals surface area contributed by atoms with Gasteiger partial charge in [0.1, 0.15) is 11.8 Å². The molecule has 0 saturated carbocycles. The number of hydrogen-bond acceptors (Lipinski definition) is 5. The number of nitrogens with zero attached hydrogens (tertiary/aromatic N) is 4. The van der Waals surface area contributed by atoms with Crippen molar-refractivity contribution < 1.29 is 4.42 Å². The van der Waals surface area contributed by atoms with Gasteiger partial charge < -0.3 is 9.32 Å². The van der Waals surface area contributed by atoms with Crippen LogP contribution in [0.15, 0.2) is 28.8 Å². The maximum Gasteiger partial charge on any atom is 0.248 e. The van der Waals surface area contributed by atoms with Crippen LogP contribution in [0.4, 0.5) is 5.88 Å². The highest BCUT2D eigenvalue weighted by Crippen LogP contribution is 2.25. The molecule has 80 valence electrons. The molecule has 5 heteroatoms.